The Morgan fingerprint density at radius 3 is 2.26 bits per heavy atom. The molecule has 0 saturated carbocycles. The number of alkyl carbamates (subject to hydrolysis) is 1. The average Bonchev–Trinajstić information content (AvgIpc) is 2.30. The Morgan fingerprint density at radius 1 is 1.26 bits per heavy atom. The molecule has 110 valence electrons. The van der Waals surface area contributed by atoms with Crippen molar-refractivity contribution in [2.24, 2.45) is 0 Å². The number of carbonyl (C=O) groups is 2. The fourth-order valence-corrected chi connectivity index (χ4v) is 1.82. The highest BCUT2D eigenvalue weighted by atomic mass is 31.1. The summed E-state index contributed by atoms with van der Waals surface area (Å²) in [5.41, 5.74) is -0.664. The lowest BCUT2D eigenvalue weighted by molar-refractivity contribution is -0.143. The Labute approximate surface area is 113 Å². The van der Waals surface area contributed by atoms with Crippen LogP contribution in [-0.2, 0) is 23.4 Å². The van der Waals surface area contributed by atoms with Gasteiger partial charge in [-0.3, -0.25) is 0 Å². The van der Waals surface area contributed by atoms with Crippen molar-refractivity contribution in [3.63, 3.8) is 0 Å². The number of hydrogen-bond acceptors (Lipinski definition) is 6. The van der Waals surface area contributed by atoms with Crippen molar-refractivity contribution in [1.29, 1.82) is 0 Å². The van der Waals surface area contributed by atoms with Crippen LogP contribution in [0.5, 0.6) is 0 Å². The quantitative estimate of drug-likeness (QED) is 0.593. The summed E-state index contributed by atoms with van der Waals surface area (Å²) in [5, 5.41) is 2.38. The molecule has 0 bridgehead atoms. The first-order valence-electron chi connectivity index (χ1n) is 5.75. The Morgan fingerprint density at radius 2 is 1.84 bits per heavy atom. The molecule has 0 heterocycles. The summed E-state index contributed by atoms with van der Waals surface area (Å²) in [4.78, 5) is 23.0. The molecular weight excluding hydrogens is 273 g/mol. The third-order valence-corrected chi connectivity index (χ3v) is 3.01. The van der Waals surface area contributed by atoms with Crippen LogP contribution in [0.15, 0.2) is 0 Å². The topological polar surface area (TPSA) is 90.9 Å². The van der Waals surface area contributed by atoms with Gasteiger partial charge in [0.05, 0.1) is 14.2 Å². The van der Waals surface area contributed by atoms with E-state index in [4.69, 9.17) is 4.74 Å². The smallest absolute Gasteiger partial charge is 0.467 e. The van der Waals surface area contributed by atoms with Gasteiger partial charge in [0.25, 0.3) is 0 Å². The Bertz CT molecular complexity index is 339. The van der Waals surface area contributed by atoms with Crippen LogP contribution in [0.3, 0.4) is 0 Å². The Kier molecular flexibility index (Phi) is 7.56. The lowest BCUT2D eigenvalue weighted by atomic mass is 10.2. The van der Waals surface area contributed by atoms with E-state index in [0.717, 1.165) is 0 Å². The van der Waals surface area contributed by atoms with Crippen LogP contribution in [0.25, 0.3) is 0 Å². The molecule has 0 aliphatic heterocycles. The molecule has 0 spiro atoms. The molecular formula is C11H21NO6P+. The maximum absolute atomic E-state index is 11.6. The van der Waals surface area contributed by atoms with Gasteiger partial charge in [0.15, 0.2) is 6.16 Å². The van der Waals surface area contributed by atoms with Gasteiger partial charge in [-0.1, -0.05) is 0 Å². The van der Waals surface area contributed by atoms with Crippen LogP contribution >= 0.6 is 8.03 Å². The zero-order valence-corrected chi connectivity index (χ0v) is 12.8. The molecule has 0 fully saturated rings. The minimum absolute atomic E-state index is 0.140. The monoisotopic (exact) mass is 294 g/mol. The highest BCUT2D eigenvalue weighted by Crippen LogP contribution is 2.22. The fraction of sp³-hybridized carbons (Fsp3) is 0.818. The van der Waals surface area contributed by atoms with Crippen molar-refractivity contribution >= 4 is 20.1 Å². The minimum atomic E-state index is -1.84. The van der Waals surface area contributed by atoms with E-state index in [1.165, 1.54) is 14.2 Å². The van der Waals surface area contributed by atoms with Crippen molar-refractivity contribution in [1.82, 2.24) is 5.32 Å². The van der Waals surface area contributed by atoms with Crippen molar-refractivity contribution in [3.05, 3.63) is 0 Å². The van der Waals surface area contributed by atoms with Gasteiger partial charge >= 0.3 is 20.1 Å². The SMILES string of the molecule is COC(=O)C(CC[P+](=O)OC)NC(=O)OC(C)(C)C. The lowest BCUT2D eigenvalue weighted by Gasteiger charge is -2.22. The zero-order chi connectivity index (χ0) is 15.1. The molecule has 2 unspecified atom stereocenters. The molecule has 0 aromatic carbocycles. The van der Waals surface area contributed by atoms with E-state index in [1.54, 1.807) is 20.8 Å². The van der Waals surface area contributed by atoms with Gasteiger partial charge in [0, 0.05) is 6.42 Å². The fourth-order valence-electron chi connectivity index (χ4n) is 1.17. The van der Waals surface area contributed by atoms with E-state index in [0.29, 0.717) is 0 Å². The molecule has 1 N–H and O–H groups in total. The molecule has 0 radical (unpaired) electrons. The van der Waals surface area contributed by atoms with Gasteiger partial charge < -0.3 is 14.8 Å². The highest BCUT2D eigenvalue weighted by molar-refractivity contribution is 7.39. The van der Waals surface area contributed by atoms with Crippen LogP contribution in [-0.4, -0.2) is 44.1 Å². The first kappa shape index (κ1) is 17.8. The average molecular weight is 294 g/mol. The number of hydrogen-bond donors (Lipinski definition) is 1. The number of rotatable bonds is 6. The molecule has 0 saturated heterocycles. The van der Waals surface area contributed by atoms with E-state index in [1.807, 2.05) is 0 Å². The lowest BCUT2D eigenvalue weighted by Crippen LogP contribution is -2.44. The summed E-state index contributed by atoms with van der Waals surface area (Å²) in [6.07, 6.45) is -0.438. The molecule has 0 aromatic heterocycles. The number of nitrogens with one attached hydrogen (secondary N) is 1. The van der Waals surface area contributed by atoms with Crippen LogP contribution in [0.2, 0.25) is 0 Å². The maximum Gasteiger partial charge on any atom is 0.507 e. The van der Waals surface area contributed by atoms with E-state index >= 15 is 0 Å². The molecule has 19 heavy (non-hydrogen) atoms. The van der Waals surface area contributed by atoms with Crippen molar-refractivity contribution in [3.8, 4) is 0 Å². The summed E-state index contributed by atoms with van der Waals surface area (Å²) >= 11 is 0. The number of ether oxygens (including phenoxy) is 2. The predicted molar refractivity (Wildman–Crippen MR) is 69.3 cm³/mol. The van der Waals surface area contributed by atoms with Crippen molar-refractivity contribution in [2.45, 2.75) is 38.8 Å². The number of methoxy groups -OCH3 is 1. The van der Waals surface area contributed by atoms with Gasteiger partial charge in [0.2, 0.25) is 0 Å². The maximum atomic E-state index is 11.6. The first-order chi connectivity index (χ1) is 8.69. The zero-order valence-electron chi connectivity index (χ0n) is 11.9. The van der Waals surface area contributed by atoms with E-state index < -0.39 is 31.7 Å². The summed E-state index contributed by atoms with van der Waals surface area (Å²) in [6, 6.07) is -0.908. The summed E-state index contributed by atoms with van der Waals surface area (Å²) in [7, 11) is 0.681. The number of esters is 1. The molecule has 0 rings (SSSR count). The van der Waals surface area contributed by atoms with Crippen LogP contribution in [0.4, 0.5) is 4.79 Å². The molecule has 1 amide bonds. The van der Waals surface area contributed by atoms with Crippen LogP contribution in [0.1, 0.15) is 27.2 Å². The molecule has 2 atom stereocenters. The second kappa shape index (κ2) is 8.07. The third kappa shape index (κ3) is 8.51. The van der Waals surface area contributed by atoms with Gasteiger partial charge in [-0.2, -0.15) is 0 Å². The number of carbonyl (C=O) groups excluding carboxylic acids is 2. The van der Waals surface area contributed by atoms with E-state index in [9.17, 15) is 14.2 Å². The van der Waals surface area contributed by atoms with Crippen LogP contribution < -0.4 is 5.32 Å². The number of amides is 1. The van der Waals surface area contributed by atoms with Gasteiger partial charge in [-0.15, -0.1) is 4.52 Å². The molecule has 7 nitrogen and oxygen atoms in total. The predicted octanol–water partition coefficient (Wildman–Crippen LogP) is 1.83. The van der Waals surface area contributed by atoms with Crippen molar-refractivity contribution in [2.75, 3.05) is 20.4 Å². The van der Waals surface area contributed by atoms with E-state index in [-0.39, 0.29) is 12.6 Å². The second-order valence-electron chi connectivity index (χ2n) is 4.75. The Hall–Kier alpha value is -1.20. The summed E-state index contributed by atoms with van der Waals surface area (Å²) in [6.45, 7) is 5.13. The first-order valence-corrected chi connectivity index (χ1v) is 7.12. The van der Waals surface area contributed by atoms with Gasteiger partial charge in [0.1, 0.15) is 11.6 Å². The largest absolute Gasteiger partial charge is 0.507 e. The molecule has 0 aliphatic carbocycles. The second-order valence-corrected chi connectivity index (χ2v) is 6.23. The Balaban J connectivity index is 4.47. The molecule has 0 aliphatic rings. The van der Waals surface area contributed by atoms with Crippen LogP contribution in [0, 0.1) is 0 Å². The highest BCUT2D eigenvalue weighted by Gasteiger charge is 2.28. The standard InChI is InChI=1S/C11H20NO6P/c1-11(2,3)18-10(14)12-8(9(13)16-4)6-7-19(15)17-5/h8H,6-7H2,1-5H3/p+1. The van der Waals surface area contributed by atoms with E-state index in [2.05, 4.69) is 14.6 Å². The van der Waals surface area contributed by atoms with Gasteiger partial charge in [-0.25, -0.2) is 9.59 Å². The van der Waals surface area contributed by atoms with Crippen molar-refractivity contribution < 1.29 is 28.2 Å². The third-order valence-electron chi connectivity index (χ3n) is 1.98. The normalized spacial score (nSPS) is 13.4. The minimum Gasteiger partial charge on any atom is -0.467 e. The molecule has 0 aromatic rings. The molecule has 8 heteroatoms. The summed E-state index contributed by atoms with van der Waals surface area (Å²) in [5.74, 6) is -0.620. The van der Waals surface area contributed by atoms with Gasteiger partial charge in [-0.05, 0) is 25.3 Å². The summed E-state index contributed by atoms with van der Waals surface area (Å²) < 4.78 is 25.4.